The first kappa shape index (κ1) is 14.6. The van der Waals surface area contributed by atoms with Crippen molar-refractivity contribution >= 4 is 0 Å². The maximum Gasteiger partial charge on any atom is 0.165 e. The maximum absolute atomic E-state index is 13.4. The molecule has 3 nitrogen and oxygen atoms in total. The van der Waals surface area contributed by atoms with Crippen molar-refractivity contribution in [3.63, 3.8) is 0 Å². The summed E-state index contributed by atoms with van der Waals surface area (Å²) >= 11 is 0. The average molecular weight is 277 g/mol. The van der Waals surface area contributed by atoms with Gasteiger partial charge in [0, 0.05) is 17.6 Å². The third kappa shape index (κ3) is 4.38. The van der Waals surface area contributed by atoms with E-state index in [4.69, 9.17) is 9.15 Å². The van der Waals surface area contributed by atoms with E-state index in [9.17, 15) is 4.39 Å². The van der Waals surface area contributed by atoms with Gasteiger partial charge in [-0.3, -0.25) is 0 Å². The van der Waals surface area contributed by atoms with E-state index in [0.29, 0.717) is 5.76 Å². The molecule has 0 saturated carbocycles. The van der Waals surface area contributed by atoms with E-state index in [0.717, 1.165) is 12.1 Å². The molecule has 0 aliphatic heterocycles. The van der Waals surface area contributed by atoms with Gasteiger partial charge in [0.05, 0.1) is 6.26 Å². The van der Waals surface area contributed by atoms with Gasteiger partial charge in [-0.2, -0.15) is 0 Å². The highest BCUT2D eigenvalue weighted by Crippen LogP contribution is 2.18. The number of nitrogens with one attached hydrogen (secondary N) is 1. The number of benzene rings is 1. The monoisotopic (exact) mass is 277 g/mol. The molecule has 0 unspecified atom stereocenters. The minimum atomic E-state index is -0.367. The Kier molecular flexibility index (Phi) is 4.45. The van der Waals surface area contributed by atoms with Crippen molar-refractivity contribution in [2.75, 3.05) is 0 Å². The summed E-state index contributed by atoms with van der Waals surface area (Å²) in [6.45, 7) is 7.27. The molecular formula is C16H20FNO2. The van der Waals surface area contributed by atoms with Gasteiger partial charge >= 0.3 is 0 Å². The van der Waals surface area contributed by atoms with Crippen LogP contribution in [0.3, 0.4) is 0 Å². The normalized spacial score (nSPS) is 11.6. The largest absolute Gasteiger partial charge is 0.483 e. The summed E-state index contributed by atoms with van der Waals surface area (Å²) < 4.78 is 24.2. The number of halogens is 1. The summed E-state index contributed by atoms with van der Waals surface area (Å²) in [7, 11) is 0. The van der Waals surface area contributed by atoms with Crippen molar-refractivity contribution in [1.82, 2.24) is 5.32 Å². The second-order valence-electron chi connectivity index (χ2n) is 5.74. The van der Waals surface area contributed by atoms with Crippen molar-refractivity contribution in [3.8, 4) is 5.75 Å². The summed E-state index contributed by atoms with van der Waals surface area (Å²) in [5, 5.41) is 3.37. The zero-order valence-electron chi connectivity index (χ0n) is 12.1. The summed E-state index contributed by atoms with van der Waals surface area (Å²) in [5.74, 6) is 0.547. The molecule has 4 heteroatoms. The van der Waals surface area contributed by atoms with Crippen LogP contribution in [0.2, 0.25) is 0 Å². The van der Waals surface area contributed by atoms with Gasteiger partial charge in [0.25, 0.3) is 0 Å². The summed E-state index contributed by atoms with van der Waals surface area (Å²) in [4.78, 5) is 0. The van der Waals surface area contributed by atoms with Gasteiger partial charge in [-0.1, -0.05) is 12.1 Å². The molecule has 0 aliphatic rings. The Balaban J connectivity index is 1.89. The van der Waals surface area contributed by atoms with Crippen molar-refractivity contribution in [1.29, 1.82) is 0 Å². The average Bonchev–Trinajstić information content (AvgIpc) is 2.83. The molecule has 0 atom stereocenters. The molecule has 0 fully saturated rings. The lowest BCUT2D eigenvalue weighted by Crippen LogP contribution is -2.34. The Labute approximate surface area is 118 Å². The molecule has 0 aliphatic carbocycles. The smallest absolute Gasteiger partial charge is 0.165 e. The first-order valence-corrected chi connectivity index (χ1v) is 6.63. The predicted molar refractivity (Wildman–Crippen MR) is 76.0 cm³/mol. The third-order valence-corrected chi connectivity index (χ3v) is 2.74. The highest BCUT2D eigenvalue weighted by Gasteiger charge is 2.10. The standard InChI is InChI=1S/C16H20FNO2/c1-16(2,3)18-9-12-8-13(19-10-12)11-20-15-7-5-4-6-14(15)17/h4-8,10,18H,9,11H2,1-3H3. The van der Waals surface area contributed by atoms with Crippen LogP contribution in [-0.4, -0.2) is 5.54 Å². The van der Waals surface area contributed by atoms with Gasteiger partial charge in [-0.05, 0) is 39.0 Å². The number of ether oxygens (including phenoxy) is 1. The van der Waals surface area contributed by atoms with Crippen molar-refractivity contribution < 1.29 is 13.5 Å². The van der Waals surface area contributed by atoms with Crippen LogP contribution in [-0.2, 0) is 13.2 Å². The quantitative estimate of drug-likeness (QED) is 0.900. The lowest BCUT2D eigenvalue weighted by Gasteiger charge is -2.19. The first-order chi connectivity index (χ1) is 9.44. The number of hydrogen-bond acceptors (Lipinski definition) is 3. The lowest BCUT2D eigenvalue weighted by atomic mass is 10.1. The Morgan fingerprint density at radius 1 is 1.25 bits per heavy atom. The molecule has 1 aromatic carbocycles. The summed E-state index contributed by atoms with van der Waals surface area (Å²) in [5.41, 5.74) is 1.10. The number of para-hydroxylation sites is 1. The van der Waals surface area contributed by atoms with Crippen molar-refractivity contribution in [2.45, 2.75) is 39.5 Å². The third-order valence-electron chi connectivity index (χ3n) is 2.74. The number of furan rings is 1. The molecule has 1 aromatic heterocycles. The van der Waals surface area contributed by atoms with E-state index in [1.165, 1.54) is 6.07 Å². The Bertz CT molecular complexity index is 558. The summed E-state index contributed by atoms with van der Waals surface area (Å²) in [6.07, 6.45) is 1.69. The van der Waals surface area contributed by atoms with Gasteiger partial charge in [-0.15, -0.1) is 0 Å². The van der Waals surface area contributed by atoms with Crippen LogP contribution < -0.4 is 10.1 Å². The van der Waals surface area contributed by atoms with E-state index >= 15 is 0 Å². The molecule has 2 aromatic rings. The lowest BCUT2D eigenvalue weighted by molar-refractivity contribution is 0.258. The predicted octanol–water partition coefficient (Wildman–Crippen LogP) is 3.89. The van der Waals surface area contributed by atoms with Gasteiger partial charge in [0.2, 0.25) is 0 Å². The molecule has 0 spiro atoms. The Hall–Kier alpha value is -1.81. The molecule has 0 bridgehead atoms. The molecule has 2 rings (SSSR count). The SMILES string of the molecule is CC(C)(C)NCc1coc(COc2ccccc2F)c1. The Morgan fingerprint density at radius 2 is 2.00 bits per heavy atom. The molecule has 108 valence electrons. The van der Waals surface area contributed by atoms with Gasteiger partial charge in [-0.25, -0.2) is 4.39 Å². The van der Waals surface area contributed by atoms with E-state index in [2.05, 4.69) is 26.1 Å². The first-order valence-electron chi connectivity index (χ1n) is 6.63. The van der Waals surface area contributed by atoms with Gasteiger partial charge in [0.1, 0.15) is 12.4 Å². The van der Waals surface area contributed by atoms with Crippen LogP contribution in [0.4, 0.5) is 4.39 Å². The van der Waals surface area contributed by atoms with Crippen LogP contribution in [0, 0.1) is 5.82 Å². The molecule has 1 heterocycles. The molecule has 1 N–H and O–H groups in total. The summed E-state index contributed by atoms with van der Waals surface area (Å²) in [6, 6.07) is 8.25. The fraction of sp³-hybridized carbons (Fsp3) is 0.375. The molecule has 20 heavy (non-hydrogen) atoms. The van der Waals surface area contributed by atoms with Crippen molar-refractivity contribution in [3.05, 3.63) is 53.7 Å². The van der Waals surface area contributed by atoms with Crippen LogP contribution in [0.15, 0.2) is 41.0 Å². The van der Waals surface area contributed by atoms with Crippen LogP contribution in [0.5, 0.6) is 5.75 Å². The van der Waals surface area contributed by atoms with Gasteiger partial charge < -0.3 is 14.5 Å². The molecular weight excluding hydrogens is 257 g/mol. The minimum Gasteiger partial charge on any atom is -0.483 e. The van der Waals surface area contributed by atoms with E-state index < -0.39 is 0 Å². The second-order valence-corrected chi connectivity index (χ2v) is 5.74. The number of hydrogen-bond donors (Lipinski definition) is 1. The number of rotatable bonds is 5. The molecule has 0 radical (unpaired) electrons. The second kappa shape index (κ2) is 6.09. The topological polar surface area (TPSA) is 34.4 Å². The van der Waals surface area contributed by atoms with Gasteiger partial charge in [0.15, 0.2) is 11.6 Å². The molecule has 0 amide bonds. The van der Waals surface area contributed by atoms with E-state index in [1.807, 2.05) is 6.07 Å². The highest BCUT2D eigenvalue weighted by molar-refractivity contribution is 5.24. The molecule has 0 saturated heterocycles. The maximum atomic E-state index is 13.4. The zero-order chi connectivity index (χ0) is 14.6. The zero-order valence-corrected chi connectivity index (χ0v) is 12.1. The highest BCUT2D eigenvalue weighted by atomic mass is 19.1. The fourth-order valence-electron chi connectivity index (χ4n) is 1.67. The van der Waals surface area contributed by atoms with Crippen molar-refractivity contribution in [2.24, 2.45) is 0 Å². The fourth-order valence-corrected chi connectivity index (χ4v) is 1.67. The van der Waals surface area contributed by atoms with E-state index in [-0.39, 0.29) is 23.7 Å². The van der Waals surface area contributed by atoms with E-state index in [1.54, 1.807) is 24.5 Å². The Morgan fingerprint density at radius 3 is 2.70 bits per heavy atom. The van der Waals surface area contributed by atoms with Crippen LogP contribution in [0.1, 0.15) is 32.1 Å². The van der Waals surface area contributed by atoms with Crippen LogP contribution >= 0.6 is 0 Å². The minimum absolute atomic E-state index is 0.0566. The van der Waals surface area contributed by atoms with Crippen LogP contribution in [0.25, 0.3) is 0 Å².